The van der Waals surface area contributed by atoms with Crippen LogP contribution in [0.4, 0.5) is 0 Å². The van der Waals surface area contributed by atoms with Crippen molar-refractivity contribution >= 4 is 5.97 Å². The summed E-state index contributed by atoms with van der Waals surface area (Å²) in [6.07, 6.45) is 6.78. The second-order valence-electron chi connectivity index (χ2n) is 7.11. The van der Waals surface area contributed by atoms with Crippen molar-refractivity contribution in [3.8, 4) is 0 Å². The molecule has 2 aliphatic rings. The number of likely N-dealkylation sites (tertiary alicyclic amines) is 1. The second kappa shape index (κ2) is 6.93. The highest BCUT2D eigenvalue weighted by Gasteiger charge is 2.34. The molecule has 1 unspecified atom stereocenters. The Morgan fingerprint density at radius 2 is 2.05 bits per heavy atom. The predicted octanol–water partition coefficient (Wildman–Crippen LogP) is 2.51. The zero-order valence-corrected chi connectivity index (χ0v) is 13.6. The van der Waals surface area contributed by atoms with Crippen molar-refractivity contribution in [1.82, 2.24) is 4.90 Å². The van der Waals surface area contributed by atoms with Crippen LogP contribution in [0.5, 0.6) is 0 Å². The van der Waals surface area contributed by atoms with Crippen LogP contribution in [0.15, 0.2) is 11.6 Å². The van der Waals surface area contributed by atoms with Gasteiger partial charge in [-0.15, -0.1) is 0 Å². The van der Waals surface area contributed by atoms with Crippen LogP contribution < -0.4 is 0 Å². The summed E-state index contributed by atoms with van der Waals surface area (Å²) >= 11 is 0. The lowest BCUT2D eigenvalue weighted by atomic mass is 9.79. The predicted molar refractivity (Wildman–Crippen MR) is 82.9 cm³/mol. The van der Waals surface area contributed by atoms with Crippen LogP contribution in [-0.4, -0.2) is 47.3 Å². The number of aliphatic hydroxyl groups is 1. The summed E-state index contributed by atoms with van der Waals surface area (Å²) in [6.45, 7) is 8.13. The molecule has 1 saturated heterocycles. The molecule has 0 amide bonds. The number of allylic oxidation sites excluding steroid dienone is 2. The smallest absolute Gasteiger partial charge is 0.320 e. The molecule has 0 radical (unpaired) electrons. The van der Waals surface area contributed by atoms with Crippen LogP contribution >= 0.6 is 0 Å². The number of esters is 1. The van der Waals surface area contributed by atoms with Gasteiger partial charge in [0.1, 0.15) is 5.60 Å². The first-order valence-electron chi connectivity index (χ1n) is 8.14. The first kappa shape index (κ1) is 16.5. The fraction of sp³-hybridized carbons (Fsp3) is 0.824. The van der Waals surface area contributed by atoms with Gasteiger partial charge in [-0.1, -0.05) is 11.6 Å². The fourth-order valence-corrected chi connectivity index (χ4v) is 3.27. The molecule has 120 valence electrons. The number of piperidine rings is 1. The molecule has 0 bridgehead atoms. The molecule has 1 N–H and O–H groups in total. The van der Waals surface area contributed by atoms with E-state index in [1.54, 1.807) is 0 Å². The van der Waals surface area contributed by atoms with Gasteiger partial charge in [0.05, 0.1) is 12.6 Å². The van der Waals surface area contributed by atoms with Crippen LogP contribution in [0, 0.1) is 5.92 Å². The van der Waals surface area contributed by atoms with Crippen LogP contribution in [0.3, 0.4) is 0 Å². The average Bonchev–Trinajstić information content (AvgIpc) is 2.41. The minimum absolute atomic E-state index is 0.136. The van der Waals surface area contributed by atoms with Gasteiger partial charge in [0.25, 0.3) is 0 Å². The van der Waals surface area contributed by atoms with E-state index in [1.807, 2.05) is 13.8 Å². The monoisotopic (exact) mass is 295 g/mol. The zero-order valence-electron chi connectivity index (χ0n) is 13.6. The molecule has 1 atom stereocenters. The zero-order chi connectivity index (χ0) is 15.5. The molecule has 1 aliphatic carbocycles. The van der Waals surface area contributed by atoms with Gasteiger partial charge in [0, 0.05) is 19.0 Å². The second-order valence-corrected chi connectivity index (χ2v) is 7.11. The van der Waals surface area contributed by atoms with E-state index in [-0.39, 0.29) is 12.1 Å². The van der Waals surface area contributed by atoms with Gasteiger partial charge in [-0.2, -0.15) is 0 Å². The Kier molecular flexibility index (Phi) is 5.44. The molecule has 1 heterocycles. The first-order valence-corrected chi connectivity index (χ1v) is 8.14. The van der Waals surface area contributed by atoms with Crippen LogP contribution in [0.25, 0.3) is 0 Å². The molecule has 1 aliphatic heterocycles. The molecular weight excluding hydrogens is 266 g/mol. The third-order valence-electron chi connectivity index (χ3n) is 4.91. The molecular formula is C17H29NO3. The van der Waals surface area contributed by atoms with Crippen LogP contribution in [0.2, 0.25) is 0 Å². The summed E-state index contributed by atoms with van der Waals surface area (Å²) in [5.41, 5.74) is 1.05. The molecule has 0 aromatic heterocycles. The SMILES string of the molecule is CC1=CCC(C(C)(C)OC(=O)CN2CCC(O)CC2)CC1. The van der Waals surface area contributed by atoms with E-state index in [2.05, 4.69) is 17.9 Å². The van der Waals surface area contributed by atoms with Gasteiger partial charge in [0.15, 0.2) is 0 Å². The molecule has 4 nitrogen and oxygen atoms in total. The Morgan fingerprint density at radius 3 is 2.62 bits per heavy atom. The highest BCUT2D eigenvalue weighted by Crippen LogP contribution is 2.34. The maximum atomic E-state index is 12.2. The van der Waals surface area contributed by atoms with E-state index in [0.29, 0.717) is 12.5 Å². The summed E-state index contributed by atoms with van der Waals surface area (Å²) < 4.78 is 5.77. The van der Waals surface area contributed by atoms with Gasteiger partial charge in [-0.3, -0.25) is 9.69 Å². The highest BCUT2D eigenvalue weighted by molar-refractivity contribution is 5.72. The number of carbonyl (C=O) groups excluding carboxylic acids is 1. The molecule has 1 fully saturated rings. The number of aliphatic hydroxyl groups excluding tert-OH is 1. The summed E-state index contributed by atoms with van der Waals surface area (Å²) in [5.74, 6) is 0.274. The Morgan fingerprint density at radius 1 is 1.38 bits per heavy atom. The number of hydrogen-bond acceptors (Lipinski definition) is 4. The van der Waals surface area contributed by atoms with Crippen LogP contribution in [-0.2, 0) is 9.53 Å². The molecule has 2 rings (SSSR count). The largest absolute Gasteiger partial charge is 0.458 e. The number of carbonyl (C=O) groups is 1. The Hall–Kier alpha value is -0.870. The third-order valence-corrected chi connectivity index (χ3v) is 4.91. The van der Waals surface area contributed by atoms with Gasteiger partial charge in [-0.25, -0.2) is 0 Å². The number of rotatable bonds is 4. The van der Waals surface area contributed by atoms with E-state index < -0.39 is 5.60 Å². The number of hydrogen-bond donors (Lipinski definition) is 1. The summed E-state index contributed by atoms with van der Waals surface area (Å²) in [5, 5.41) is 9.49. The Bertz CT molecular complexity index is 395. The quantitative estimate of drug-likeness (QED) is 0.639. The van der Waals surface area contributed by atoms with E-state index in [1.165, 1.54) is 5.57 Å². The lowest BCUT2D eigenvalue weighted by Crippen LogP contribution is -2.43. The van der Waals surface area contributed by atoms with Crippen LogP contribution in [0.1, 0.15) is 52.9 Å². The summed E-state index contributed by atoms with van der Waals surface area (Å²) in [4.78, 5) is 14.3. The molecule has 0 aromatic rings. The maximum absolute atomic E-state index is 12.2. The molecule has 0 saturated carbocycles. The average molecular weight is 295 g/mol. The van der Waals surface area contributed by atoms with Crippen molar-refractivity contribution in [2.45, 2.75) is 64.6 Å². The third kappa shape index (κ3) is 4.82. The Labute approximate surface area is 128 Å². The number of nitrogens with zero attached hydrogens (tertiary/aromatic N) is 1. The normalized spacial score (nSPS) is 25.5. The molecule has 21 heavy (non-hydrogen) atoms. The Balaban J connectivity index is 1.81. The lowest BCUT2D eigenvalue weighted by Gasteiger charge is -2.36. The van der Waals surface area contributed by atoms with Crippen molar-refractivity contribution in [2.75, 3.05) is 19.6 Å². The standard InChI is InChI=1S/C17H29NO3/c1-13-4-6-14(7-5-13)17(2,3)21-16(20)12-18-10-8-15(19)9-11-18/h4,14-15,19H,5-12H2,1-3H3. The van der Waals surface area contributed by atoms with Crippen molar-refractivity contribution in [3.05, 3.63) is 11.6 Å². The van der Waals surface area contributed by atoms with Crippen molar-refractivity contribution in [1.29, 1.82) is 0 Å². The van der Waals surface area contributed by atoms with Gasteiger partial charge >= 0.3 is 5.97 Å². The molecule has 4 heteroatoms. The topological polar surface area (TPSA) is 49.8 Å². The van der Waals surface area contributed by atoms with E-state index in [0.717, 1.165) is 45.2 Å². The van der Waals surface area contributed by atoms with Gasteiger partial charge in [-0.05, 0) is 52.9 Å². The molecule has 0 aromatic carbocycles. The van der Waals surface area contributed by atoms with E-state index in [4.69, 9.17) is 4.74 Å². The van der Waals surface area contributed by atoms with Crippen molar-refractivity contribution < 1.29 is 14.6 Å². The minimum atomic E-state index is -0.399. The van der Waals surface area contributed by atoms with E-state index in [9.17, 15) is 9.90 Å². The number of ether oxygens (including phenoxy) is 1. The minimum Gasteiger partial charge on any atom is -0.458 e. The van der Waals surface area contributed by atoms with Gasteiger partial charge < -0.3 is 9.84 Å². The highest BCUT2D eigenvalue weighted by atomic mass is 16.6. The van der Waals surface area contributed by atoms with Crippen molar-refractivity contribution in [2.24, 2.45) is 5.92 Å². The summed E-state index contributed by atoms with van der Waals surface area (Å²) in [7, 11) is 0. The summed E-state index contributed by atoms with van der Waals surface area (Å²) in [6, 6.07) is 0. The fourth-order valence-electron chi connectivity index (χ4n) is 3.27. The lowest BCUT2D eigenvalue weighted by molar-refractivity contribution is -0.163. The molecule has 0 spiro atoms. The maximum Gasteiger partial charge on any atom is 0.320 e. The van der Waals surface area contributed by atoms with E-state index >= 15 is 0 Å². The first-order chi connectivity index (χ1) is 9.87. The van der Waals surface area contributed by atoms with Gasteiger partial charge in [0.2, 0.25) is 0 Å². The van der Waals surface area contributed by atoms with Crippen molar-refractivity contribution in [3.63, 3.8) is 0 Å².